The van der Waals surface area contributed by atoms with E-state index in [0.29, 0.717) is 34.3 Å². The van der Waals surface area contributed by atoms with Gasteiger partial charge >= 0.3 is 0 Å². The van der Waals surface area contributed by atoms with E-state index in [1.54, 1.807) is 42.5 Å². The molecule has 2 N–H and O–H groups in total. The Morgan fingerprint density at radius 1 is 1.07 bits per heavy atom. The second-order valence-corrected chi connectivity index (χ2v) is 7.45. The van der Waals surface area contributed by atoms with Gasteiger partial charge in [0.1, 0.15) is 0 Å². The highest BCUT2D eigenvalue weighted by atomic mass is 35.5. The molecule has 1 saturated heterocycles. The van der Waals surface area contributed by atoms with Gasteiger partial charge in [-0.3, -0.25) is 9.59 Å². The Kier molecular flexibility index (Phi) is 7.31. The Morgan fingerprint density at radius 3 is 2.54 bits per heavy atom. The largest absolute Gasteiger partial charge is 0.376 e. The minimum Gasteiger partial charge on any atom is -0.376 e. The highest BCUT2D eigenvalue weighted by Crippen LogP contribution is 2.25. The number of nitrogens with one attached hydrogen (secondary N) is 2. The number of benzene rings is 2. The molecule has 5 nitrogen and oxygen atoms in total. The summed E-state index contributed by atoms with van der Waals surface area (Å²) in [4.78, 5) is 24.9. The molecule has 2 aromatic carbocycles. The summed E-state index contributed by atoms with van der Waals surface area (Å²) in [7, 11) is 0. The zero-order chi connectivity index (χ0) is 19.9. The number of hydrogen-bond donors (Lipinski definition) is 2. The van der Waals surface area contributed by atoms with E-state index in [9.17, 15) is 9.59 Å². The first-order valence-corrected chi connectivity index (χ1v) is 10.0. The van der Waals surface area contributed by atoms with Crippen molar-refractivity contribution in [2.75, 3.05) is 18.5 Å². The third kappa shape index (κ3) is 5.47. The fraction of sp³-hybridized carbons (Fsp3) is 0.333. The number of hydrogen-bond acceptors (Lipinski definition) is 3. The molecule has 1 aliphatic heterocycles. The minimum atomic E-state index is -0.236. The Balaban J connectivity index is 1.59. The lowest BCUT2D eigenvalue weighted by Gasteiger charge is -2.14. The molecule has 1 aliphatic rings. The van der Waals surface area contributed by atoms with Crippen molar-refractivity contribution in [3.63, 3.8) is 0 Å². The number of amides is 2. The van der Waals surface area contributed by atoms with Crippen molar-refractivity contribution in [3.05, 3.63) is 63.6 Å². The summed E-state index contributed by atoms with van der Waals surface area (Å²) in [5.74, 6) is -0.448. The highest BCUT2D eigenvalue weighted by molar-refractivity contribution is 6.36. The van der Waals surface area contributed by atoms with Crippen molar-refractivity contribution in [2.45, 2.75) is 31.8 Å². The summed E-state index contributed by atoms with van der Waals surface area (Å²) in [5, 5.41) is 6.76. The third-order valence-corrected chi connectivity index (χ3v) is 5.33. The van der Waals surface area contributed by atoms with E-state index in [4.69, 9.17) is 27.9 Å². The summed E-state index contributed by atoms with van der Waals surface area (Å²) in [5.41, 5.74) is 1.63. The van der Waals surface area contributed by atoms with Crippen molar-refractivity contribution in [2.24, 2.45) is 0 Å². The van der Waals surface area contributed by atoms with Crippen LogP contribution in [0.15, 0.2) is 42.5 Å². The lowest BCUT2D eigenvalue weighted by molar-refractivity contribution is -0.116. The van der Waals surface area contributed by atoms with Gasteiger partial charge in [-0.2, -0.15) is 0 Å². The van der Waals surface area contributed by atoms with Gasteiger partial charge in [0.2, 0.25) is 5.91 Å². The number of carbonyl (C=O) groups is 2. The van der Waals surface area contributed by atoms with Gasteiger partial charge in [0.25, 0.3) is 5.91 Å². The molecule has 0 spiro atoms. The van der Waals surface area contributed by atoms with E-state index in [2.05, 4.69) is 10.6 Å². The Morgan fingerprint density at radius 2 is 1.82 bits per heavy atom. The zero-order valence-electron chi connectivity index (χ0n) is 15.3. The van der Waals surface area contributed by atoms with Gasteiger partial charge in [-0.1, -0.05) is 41.4 Å². The molecule has 7 heteroatoms. The average molecular weight is 421 g/mol. The SMILES string of the molecule is O=C(CCc1c(Cl)cccc1Cl)Nc1ccccc1C(=O)NCC1CCCO1. The van der Waals surface area contributed by atoms with E-state index >= 15 is 0 Å². The van der Waals surface area contributed by atoms with Crippen LogP contribution in [0.4, 0.5) is 5.69 Å². The molecule has 0 aromatic heterocycles. The zero-order valence-corrected chi connectivity index (χ0v) is 16.9. The average Bonchev–Trinajstić information content (AvgIpc) is 3.20. The van der Waals surface area contributed by atoms with Gasteiger partial charge in [0, 0.05) is 29.6 Å². The smallest absolute Gasteiger partial charge is 0.253 e. The fourth-order valence-corrected chi connectivity index (χ4v) is 3.71. The summed E-state index contributed by atoms with van der Waals surface area (Å²) < 4.78 is 5.52. The molecular weight excluding hydrogens is 399 g/mol. The normalized spacial score (nSPS) is 16.0. The number of para-hydroxylation sites is 1. The lowest BCUT2D eigenvalue weighted by atomic mass is 10.1. The number of halogens is 2. The summed E-state index contributed by atoms with van der Waals surface area (Å²) in [6, 6.07) is 12.2. The molecule has 1 atom stereocenters. The van der Waals surface area contributed by atoms with Crippen molar-refractivity contribution in [1.29, 1.82) is 0 Å². The van der Waals surface area contributed by atoms with Crippen LogP contribution in [0, 0.1) is 0 Å². The Labute approximate surface area is 174 Å². The van der Waals surface area contributed by atoms with Crippen LogP contribution >= 0.6 is 23.2 Å². The maximum absolute atomic E-state index is 12.5. The molecule has 0 radical (unpaired) electrons. The van der Waals surface area contributed by atoms with Crippen molar-refractivity contribution in [1.82, 2.24) is 5.32 Å². The number of carbonyl (C=O) groups excluding carboxylic acids is 2. The standard InChI is InChI=1S/C21H22Cl2N2O3/c22-17-7-3-8-18(23)15(17)10-11-20(26)25-19-9-2-1-6-16(19)21(27)24-13-14-5-4-12-28-14/h1-3,6-9,14H,4-5,10-13H2,(H,24,27)(H,25,26). The molecule has 1 fully saturated rings. The first-order chi connectivity index (χ1) is 13.5. The van der Waals surface area contributed by atoms with Gasteiger partial charge < -0.3 is 15.4 Å². The van der Waals surface area contributed by atoms with Crippen molar-refractivity contribution in [3.8, 4) is 0 Å². The van der Waals surface area contributed by atoms with Crippen LogP contribution in [0.1, 0.15) is 35.2 Å². The Hall–Kier alpha value is -2.08. The molecule has 0 saturated carbocycles. The van der Waals surface area contributed by atoms with Crippen LogP contribution in [-0.2, 0) is 16.0 Å². The third-order valence-electron chi connectivity index (χ3n) is 4.62. The first kappa shape index (κ1) is 20.6. The van der Waals surface area contributed by atoms with E-state index in [1.165, 1.54) is 0 Å². The molecule has 0 aliphatic carbocycles. The topological polar surface area (TPSA) is 67.4 Å². The summed E-state index contributed by atoms with van der Waals surface area (Å²) >= 11 is 12.3. The molecule has 148 valence electrons. The van der Waals surface area contributed by atoms with Crippen LogP contribution in [0.3, 0.4) is 0 Å². The molecule has 1 heterocycles. The van der Waals surface area contributed by atoms with E-state index in [1.807, 2.05) is 0 Å². The second-order valence-electron chi connectivity index (χ2n) is 6.64. The molecule has 2 aromatic rings. The summed E-state index contributed by atoms with van der Waals surface area (Å²) in [6.45, 7) is 1.20. The molecule has 3 rings (SSSR count). The molecule has 2 amide bonds. The quantitative estimate of drug-likeness (QED) is 0.693. The van der Waals surface area contributed by atoms with Gasteiger partial charge in [-0.05, 0) is 49.1 Å². The van der Waals surface area contributed by atoms with Gasteiger partial charge in [-0.25, -0.2) is 0 Å². The van der Waals surface area contributed by atoms with Crippen LogP contribution in [-0.4, -0.2) is 31.1 Å². The molecule has 1 unspecified atom stereocenters. The monoisotopic (exact) mass is 420 g/mol. The Bertz CT molecular complexity index is 831. The van der Waals surface area contributed by atoms with Crippen molar-refractivity contribution < 1.29 is 14.3 Å². The van der Waals surface area contributed by atoms with Gasteiger partial charge in [0.05, 0.1) is 17.4 Å². The maximum Gasteiger partial charge on any atom is 0.253 e. The number of rotatable bonds is 7. The van der Waals surface area contributed by atoms with Gasteiger partial charge in [-0.15, -0.1) is 0 Å². The second kappa shape index (κ2) is 9.92. The predicted octanol–water partition coefficient (Wildman–Crippen LogP) is 4.47. The fourth-order valence-electron chi connectivity index (χ4n) is 3.12. The van der Waals surface area contributed by atoms with E-state index in [0.717, 1.165) is 25.0 Å². The number of ether oxygens (including phenoxy) is 1. The maximum atomic E-state index is 12.5. The van der Waals surface area contributed by atoms with Crippen LogP contribution in [0.25, 0.3) is 0 Å². The minimum absolute atomic E-state index is 0.0612. The highest BCUT2D eigenvalue weighted by Gasteiger charge is 2.18. The molecular formula is C21H22Cl2N2O3. The van der Waals surface area contributed by atoms with E-state index < -0.39 is 0 Å². The number of anilines is 1. The molecule has 28 heavy (non-hydrogen) atoms. The predicted molar refractivity (Wildman–Crippen MR) is 111 cm³/mol. The first-order valence-electron chi connectivity index (χ1n) is 9.26. The van der Waals surface area contributed by atoms with Crippen LogP contribution in [0.5, 0.6) is 0 Å². The lowest BCUT2D eigenvalue weighted by Crippen LogP contribution is -2.32. The molecule has 0 bridgehead atoms. The van der Waals surface area contributed by atoms with Crippen molar-refractivity contribution >= 4 is 40.7 Å². The van der Waals surface area contributed by atoms with E-state index in [-0.39, 0.29) is 24.3 Å². The van der Waals surface area contributed by atoms with Crippen LogP contribution < -0.4 is 10.6 Å². The van der Waals surface area contributed by atoms with Crippen LogP contribution in [0.2, 0.25) is 10.0 Å². The van der Waals surface area contributed by atoms with Gasteiger partial charge in [0.15, 0.2) is 0 Å². The summed E-state index contributed by atoms with van der Waals surface area (Å²) in [6.07, 6.45) is 2.64.